The molecule has 1 aromatic rings. The normalized spacial score (nSPS) is 25.0. The Morgan fingerprint density at radius 3 is 2.43 bits per heavy atom. The van der Waals surface area contributed by atoms with Gasteiger partial charge in [-0.25, -0.2) is 0 Å². The maximum absolute atomic E-state index is 12.4. The van der Waals surface area contributed by atoms with Crippen LogP contribution < -0.4 is 5.32 Å². The van der Waals surface area contributed by atoms with Gasteiger partial charge in [0.05, 0.1) is 6.04 Å². The standard InChI is InChI=1S/C16H28N4O/c1-10-7-8-11(2)20(10)12(3)15(21)17-14-9-13(18-19-14)16(4,5)6/h9-12H,7-8H2,1-6H3,(H2,17,18,19,21). The van der Waals surface area contributed by atoms with Crippen LogP contribution >= 0.6 is 0 Å². The lowest BCUT2D eigenvalue weighted by atomic mass is 9.92. The van der Waals surface area contributed by atoms with Gasteiger partial charge >= 0.3 is 0 Å². The van der Waals surface area contributed by atoms with Crippen LogP contribution in [0.3, 0.4) is 0 Å². The monoisotopic (exact) mass is 292 g/mol. The van der Waals surface area contributed by atoms with E-state index in [4.69, 9.17) is 0 Å². The number of H-pyrrole nitrogens is 1. The summed E-state index contributed by atoms with van der Waals surface area (Å²) in [7, 11) is 0. The molecule has 1 saturated heterocycles. The quantitative estimate of drug-likeness (QED) is 0.900. The summed E-state index contributed by atoms with van der Waals surface area (Å²) in [6.45, 7) is 12.7. The number of hydrogen-bond donors (Lipinski definition) is 2. The molecule has 1 aliphatic rings. The van der Waals surface area contributed by atoms with Gasteiger partial charge in [-0.1, -0.05) is 20.8 Å². The van der Waals surface area contributed by atoms with Crippen molar-refractivity contribution in [3.8, 4) is 0 Å². The van der Waals surface area contributed by atoms with Crippen LogP contribution in [0.1, 0.15) is 60.1 Å². The largest absolute Gasteiger partial charge is 0.308 e. The highest BCUT2D eigenvalue weighted by molar-refractivity contribution is 5.93. The van der Waals surface area contributed by atoms with Crippen molar-refractivity contribution < 1.29 is 4.79 Å². The molecular formula is C16H28N4O. The molecule has 21 heavy (non-hydrogen) atoms. The molecule has 1 amide bonds. The Hall–Kier alpha value is -1.36. The number of hydrogen-bond acceptors (Lipinski definition) is 3. The summed E-state index contributed by atoms with van der Waals surface area (Å²) >= 11 is 0. The Labute approximate surface area is 127 Å². The summed E-state index contributed by atoms with van der Waals surface area (Å²) in [6, 6.07) is 2.71. The first kappa shape index (κ1) is 16.0. The number of nitrogens with zero attached hydrogens (tertiary/aromatic N) is 2. The van der Waals surface area contributed by atoms with Crippen molar-refractivity contribution in [3.63, 3.8) is 0 Å². The molecule has 3 atom stereocenters. The van der Waals surface area contributed by atoms with Crippen molar-refractivity contribution in [2.45, 2.75) is 77.9 Å². The highest BCUT2D eigenvalue weighted by Gasteiger charge is 2.34. The number of rotatable bonds is 3. The number of carbonyl (C=O) groups excluding carboxylic acids is 1. The van der Waals surface area contributed by atoms with Crippen molar-refractivity contribution in [2.24, 2.45) is 0 Å². The van der Waals surface area contributed by atoms with Crippen LogP contribution in [-0.4, -0.2) is 39.1 Å². The van der Waals surface area contributed by atoms with Crippen molar-refractivity contribution in [1.82, 2.24) is 15.1 Å². The average Bonchev–Trinajstić information content (AvgIpc) is 2.96. The second-order valence-corrected chi connectivity index (χ2v) is 7.30. The third kappa shape index (κ3) is 3.46. The Morgan fingerprint density at radius 1 is 1.38 bits per heavy atom. The molecule has 0 radical (unpaired) electrons. The molecule has 0 bridgehead atoms. The summed E-state index contributed by atoms with van der Waals surface area (Å²) in [6.07, 6.45) is 2.32. The molecule has 0 aromatic carbocycles. The minimum atomic E-state index is -0.132. The zero-order valence-corrected chi connectivity index (χ0v) is 14.0. The van der Waals surface area contributed by atoms with Gasteiger partial charge in [-0.05, 0) is 33.6 Å². The molecular weight excluding hydrogens is 264 g/mol. The number of carbonyl (C=O) groups is 1. The predicted octanol–water partition coefficient (Wildman–Crippen LogP) is 2.91. The van der Waals surface area contributed by atoms with Gasteiger partial charge in [0.1, 0.15) is 0 Å². The number of aromatic nitrogens is 2. The molecule has 2 N–H and O–H groups in total. The topological polar surface area (TPSA) is 61.0 Å². The summed E-state index contributed by atoms with van der Waals surface area (Å²) < 4.78 is 0. The lowest BCUT2D eigenvalue weighted by Gasteiger charge is -2.31. The molecule has 0 aliphatic carbocycles. The van der Waals surface area contributed by atoms with E-state index >= 15 is 0 Å². The summed E-state index contributed by atoms with van der Waals surface area (Å²) in [5.41, 5.74) is 1.02. The van der Waals surface area contributed by atoms with Crippen LogP contribution in [-0.2, 0) is 10.2 Å². The molecule has 0 spiro atoms. The summed E-state index contributed by atoms with van der Waals surface area (Å²) in [5.74, 6) is 0.624. The van der Waals surface area contributed by atoms with E-state index < -0.39 is 0 Å². The molecule has 5 heteroatoms. The highest BCUT2D eigenvalue weighted by atomic mass is 16.2. The van der Waals surface area contributed by atoms with Crippen LogP contribution in [0.2, 0.25) is 0 Å². The van der Waals surface area contributed by atoms with Crippen molar-refractivity contribution in [3.05, 3.63) is 11.8 Å². The maximum atomic E-state index is 12.4. The van der Waals surface area contributed by atoms with E-state index in [9.17, 15) is 4.79 Å². The lowest BCUT2D eigenvalue weighted by molar-refractivity contribution is -0.121. The van der Waals surface area contributed by atoms with Gasteiger partial charge in [0.25, 0.3) is 0 Å². The van der Waals surface area contributed by atoms with E-state index in [0.29, 0.717) is 17.9 Å². The van der Waals surface area contributed by atoms with Gasteiger partial charge < -0.3 is 5.32 Å². The average molecular weight is 292 g/mol. The number of nitrogens with one attached hydrogen (secondary N) is 2. The first-order valence-electron chi connectivity index (χ1n) is 7.84. The number of likely N-dealkylation sites (tertiary alicyclic amines) is 1. The van der Waals surface area contributed by atoms with Crippen molar-refractivity contribution >= 4 is 11.7 Å². The second kappa shape index (κ2) is 5.79. The lowest BCUT2D eigenvalue weighted by Crippen LogP contribution is -2.46. The fourth-order valence-corrected chi connectivity index (χ4v) is 3.11. The van der Waals surface area contributed by atoms with Crippen LogP contribution in [0.25, 0.3) is 0 Å². The van der Waals surface area contributed by atoms with E-state index in [1.807, 2.05) is 13.0 Å². The summed E-state index contributed by atoms with van der Waals surface area (Å²) in [5, 5.41) is 10.1. The first-order valence-corrected chi connectivity index (χ1v) is 7.84. The zero-order chi connectivity index (χ0) is 15.8. The summed E-state index contributed by atoms with van der Waals surface area (Å²) in [4.78, 5) is 14.7. The van der Waals surface area contributed by atoms with E-state index in [1.54, 1.807) is 0 Å². The fourth-order valence-electron chi connectivity index (χ4n) is 3.11. The SMILES string of the molecule is CC1CCC(C)N1C(C)C(=O)Nc1cc(C(C)(C)C)[nH]n1. The van der Waals surface area contributed by atoms with Crippen molar-refractivity contribution in [1.29, 1.82) is 0 Å². The van der Waals surface area contributed by atoms with Crippen molar-refractivity contribution in [2.75, 3.05) is 5.32 Å². The zero-order valence-electron chi connectivity index (χ0n) is 14.0. The van der Waals surface area contributed by atoms with Crippen LogP contribution in [0.15, 0.2) is 6.07 Å². The van der Waals surface area contributed by atoms with Crippen LogP contribution in [0, 0.1) is 0 Å². The third-order valence-corrected chi connectivity index (χ3v) is 4.48. The molecule has 118 valence electrons. The van der Waals surface area contributed by atoms with Crippen LogP contribution in [0.5, 0.6) is 0 Å². The van der Waals surface area contributed by atoms with Crippen LogP contribution in [0.4, 0.5) is 5.82 Å². The Morgan fingerprint density at radius 2 is 1.95 bits per heavy atom. The van der Waals surface area contributed by atoms with Gasteiger partial charge in [0.15, 0.2) is 5.82 Å². The molecule has 0 saturated carbocycles. The number of anilines is 1. The molecule has 2 heterocycles. The van der Waals surface area contributed by atoms with Gasteiger partial charge in [-0.3, -0.25) is 14.8 Å². The minimum absolute atomic E-state index is 0.000422. The predicted molar refractivity (Wildman–Crippen MR) is 85.4 cm³/mol. The molecule has 1 fully saturated rings. The molecule has 1 aliphatic heterocycles. The number of amides is 1. The van der Waals surface area contributed by atoms with E-state index in [2.05, 4.69) is 55.0 Å². The molecule has 3 unspecified atom stereocenters. The van der Waals surface area contributed by atoms with E-state index in [1.165, 1.54) is 0 Å². The highest BCUT2D eigenvalue weighted by Crippen LogP contribution is 2.27. The molecule has 2 rings (SSSR count). The minimum Gasteiger partial charge on any atom is -0.308 e. The van der Waals surface area contributed by atoms with Gasteiger partial charge in [-0.2, -0.15) is 5.10 Å². The van der Waals surface area contributed by atoms with Gasteiger partial charge in [-0.15, -0.1) is 0 Å². The third-order valence-electron chi connectivity index (χ3n) is 4.48. The van der Waals surface area contributed by atoms with E-state index in [-0.39, 0.29) is 17.4 Å². The molecule has 5 nitrogen and oxygen atoms in total. The first-order chi connectivity index (χ1) is 9.70. The molecule has 1 aromatic heterocycles. The second-order valence-electron chi connectivity index (χ2n) is 7.30. The van der Waals surface area contributed by atoms with Gasteiger partial charge in [0, 0.05) is 29.3 Å². The Bertz CT molecular complexity index is 493. The Balaban J connectivity index is 2.02. The van der Waals surface area contributed by atoms with E-state index in [0.717, 1.165) is 18.5 Å². The maximum Gasteiger partial charge on any atom is 0.242 e. The van der Waals surface area contributed by atoms with Gasteiger partial charge in [0.2, 0.25) is 5.91 Å². The smallest absolute Gasteiger partial charge is 0.242 e. The fraction of sp³-hybridized carbons (Fsp3) is 0.750. The number of aromatic amines is 1. The Kier molecular flexibility index (Phi) is 4.42.